The molecular formula is C4H9BO2. The second-order valence-corrected chi connectivity index (χ2v) is 1.41. The summed E-state index contributed by atoms with van der Waals surface area (Å²) < 4.78 is 35.6. The standard InChI is InChI=1S/C4H9BO2/c6-5(7)3-4-1-2-4/h4,6-7H,1-3H2/i1D2,2D2,4D. The fourth-order valence-electron chi connectivity index (χ4n) is 0.329. The molecule has 0 spiro atoms. The predicted molar refractivity (Wildman–Crippen MR) is 27.7 cm³/mol. The van der Waals surface area contributed by atoms with E-state index in [9.17, 15) is 0 Å². The van der Waals surface area contributed by atoms with Crippen molar-refractivity contribution in [3.8, 4) is 0 Å². The van der Waals surface area contributed by atoms with Crippen LogP contribution in [0.15, 0.2) is 0 Å². The molecule has 0 aromatic rings. The Labute approximate surface area is 50.3 Å². The van der Waals surface area contributed by atoms with E-state index in [0.717, 1.165) is 0 Å². The Morgan fingerprint density at radius 3 is 2.57 bits per heavy atom. The van der Waals surface area contributed by atoms with Crippen molar-refractivity contribution in [1.82, 2.24) is 0 Å². The van der Waals surface area contributed by atoms with Gasteiger partial charge in [-0.2, -0.15) is 0 Å². The van der Waals surface area contributed by atoms with E-state index in [4.69, 9.17) is 16.9 Å². The fraction of sp³-hybridized carbons (Fsp3) is 1.00. The molecule has 0 radical (unpaired) electrons. The van der Waals surface area contributed by atoms with Crippen molar-refractivity contribution < 1.29 is 16.9 Å². The smallest absolute Gasteiger partial charge is 0.427 e. The summed E-state index contributed by atoms with van der Waals surface area (Å²) in [5.41, 5.74) is 0. The zero-order valence-electron chi connectivity index (χ0n) is 8.68. The summed E-state index contributed by atoms with van der Waals surface area (Å²) >= 11 is 0. The van der Waals surface area contributed by atoms with Crippen LogP contribution in [0.1, 0.15) is 19.6 Å². The van der Waals surface area contributed by atoms with Crippen LogP contribution < -0.4 is 0 Å². The van der Waals surface area contributed by atoms with Crippen LogP contribution in [-0.4, -0.2) is 17.2 Å². The van der Waals surface area contributed by atoms with Gasteiger partial charge >= 0.3 is 7.12 Å². The summed E-state index contributed by atoms with van der Waals surface area (Å²) in [6, 6.07) is 0. The molecule has 1 fully saturated rings. The van der Waals surface area contributed by atoms with Gasteiger partial charge in [-0.1, -0.05) is 12.7 Å². The molecule has 0 bridgehead atoms. The molecule has 1 rings (SSSR count). The Morgan fingerprint density at radius 2 is 2.43 bits per heavy atom. The summed E-state index contributed by atoms with van der Waals surface area (Å²) in [7, 11) is -1.84. The van der Waals surface area contributed by atoms with E-state index < -0.39 is 32.1 Å². The maximum absolute atomic E-state index is 8.49. The average molecular weight is 105 g/mol. The lowest BCUT2D eigenvalue weighted by Crippen LogP contribution is -2.10. The van der Waals surface area contributed by atoms with Crippen LogP contribution >= 0.6 is 0 Å². The van der Waals surface area contributed by atoms with Gasteiger partial charge < -0.3 is 10.0 Å². The normalized spacial score (nSPS) is 49.1. The fourth-order valence-corrected chi connectivity index (χ4v) is 0.329. The SMILES string of the molecule is [2H]C1([2H])C([2H])([2H])C1([2H])CB(O)O. The van der Waals surface area contributed by atoms with Crippen LogP contribution in [0, 0.1) is 5.89 Å². The first kappa shape index (κ1) is 1.74. The van der Waals surface area contributed by atoms with Gasteiger partial charge in [-0.05, 0) is 12.2 Å². The lowest BCUT2D eigenvalue weighted by atomic mass is 9.83. The second-order valence-electron chi connectivity index (χ2n) is 1.41. The molecule has 0 aromatic heterocycles. The van der Waals surface area contributed by atoms with Gasteiger partial charge in [0, 0.05) is 6.85 Å². The van der Waals surface area contributed by atoms with E-state index in [1.807, 2.05) is 0 Å². The molecule has 0 unspecified atom stereocenters. The first-order valence-electron chi connectivity index (χ1n) is 4.53. The largest absolute Gasteiger partial charge is 0.451 e. The van der Waals surface area contributed by atoms with E-state index in [1.54, 1.807) is 0 Å². The van der Waals surface area contributed by atoms with Crippen molar-refractivity contribution in [2.24, 2.45) is 5.89 Å². The highest BCUT2D eigenvalue weighted by atomic mass is 16.4. The molecule has 0 atom stereocenters. The van der Waals surface area contributed by atoms with Crippen molar-refractivity contribution in [3.05, 3.63) is 0 Å². The van der Waals surface area contributed by atoms with Crippen molar-refractivity contribution in [2.75, 3.05) is 0 Å². The molecule has 1 saturated carbocycles. The van der Waals surface area contributed by atoms with E-state index in [-0.39, 0.29) is 0 Å². The lowest BCUT2D eigenvalue weighted by Gasteiger charge is -1.90. The molecule has 7 heavy (non-hydrogen) atoms. The summed E-state index contributed by atoms with van der Waals surface area (Å²) in [6.45, 7) is 0. The van der Waals surface area contributed by atoms with Crippen molar-refractivity contribution in [1.29, 1.82) is 0 Å². The van der Waals surface area contributed by atoms with Crippen molar-refractivity contribution >= 4 is 7.12 Å². The Morgan fingerprint density at radius 1 is 1.86 bits per heavy atom. The third kappa shape index (κ3) is 1.95. The average Bonchev–Trinajstić information content (AvgIpc) is 2.08. The van der Waals surface area contributed by atoms with Gasteiger partial charge in [0.2, 0.25) is 0 Å². The van der Waals surface area contributed by atoms with Crippen molar-refractivity contribution in [2.45, 2.75) is 19.1 Å². The Hall–Kier alpha value is -0.0151. The topological polar surface area (TPSA) is 40.5 Å². The molecule has 40 valence electrons. The van der Waals surface area contributed by atoms with Crippen LogP contribution in [-0.2, 0) is 0 Å². The molecule has 2 nitrogen and oxygen atoms in total. The molecule has 0 saturated heterocycles. The van der Waals surface area contributed by atoms with Crippen LogP contribution in [0.2, 0.25) is 6.32 Å². The first-order chi connectivity index (χ1) is 5.17. The van der Waals surface area contributed by atoms with E-state index in [2.05, 4.69) is 0 Å². The van der Waals surface area contributed by atoms with Crippen LogP contribution in [0.25, 0.3) is 0 Å². The molecule has 1 aliphatic rings. The summed E-state index contributed by atoms with van der Waals surface area (Å²) in [5, 5.41) is 17.0. The van der Waals surface area contributed by atoms with E-state index in [0.29, 0.717) is 0 Å². The van der Waals surface area contributed by atoms with Crippen LogP contribution in [0.5, 0.6) is 0 Å². The lowest BCUT2D eigenvalue weighted by molar-refractivity contribution is 0.401. The Kier molecular flexibility index (Phi) is 0.458. The monoisotopic (exact) mass is 105 g/mol. The summed E-state index contributed by atoms with van der Waals surface area (Å²) in [6.07, 6.45) is -5.18. The highest BCUT2D eigenvalue weighted by Gasteiger charge is 2.25. The third-order valence-electron chi connectivity index (χ3n) is 0.688. The maximum Gasteiger partial charge on any atom is 0.451 e. The quantitative estimate of drug-likeness (QED) is 0.480. The highest BCUT2D eigenvalue weighted by molar-refractivity contribution is 6.41. The zero-order chi connectivity index (χ0) is 9.78. The molecule has 3 heteroatoms. The third-order valence-corrected chi connectivity index (χ3v) is 0.688. The van der Waals surface area contributed by atoms with Gasteiger partial charge in [0.25, 0.3) is 0 Å². The summed E-state index contributed by atoms with van der Waals surface area (Å²) in [4.78, 5) is 0. The minimum Gasteiger partial charge on any atom is -0.427 e. The van der Waals surface area contributed by atoms with Gasteiger partial charge in [-0.15, -0.1) is 0 Å². The molecule has 0 heterocycles. The Balaban J connectivity index is 2.78. The predicted octanol–water partition coefficient (Wildman–Crippen LogP) is -0.131. The van der Waals surface area contributed by atoms with E-state index >= 15 is 0 Å². The molecular weight excluding hydrogens is 90.9 g/mol. The van der Waals surface area contributed by atoms with Gasteiger partial charge in [0.15, 0.2) is 0 Å². The van der Waals surface area contributed by atoms with Gasteiger partial charge in [0.05, 0.1) is 0 Å². The molecule has 1 aliphatic carbocycles. The molecule has 0 amide bonds. The van der Waals surface area contributed by atoms with Gasteiger partial charge in [-0.3, -0.25) is 0 Å². The Bertz CT molecular complexity index is 192. The maximum atomic E-state index is 8.49. The summed E-state index contributed by atoms with van der Waals surface area (Å²) in [5.74, 6) is -2.02. The van der Waals surface area contributed by atoms with E-state index in [1.165, 1.54) is 0 Å². The van der Waals surface area contributed by atoms with Crippen molar-refractivity contribution in [3.63, 3.8) is 0 Å². The van der Waals surface area contributed by atoms with Gasteiger partial charge in [0.1, 0.15) is 0 Å². The minimum atomic E-state index is -2.29. The van der Waals surface area contributed by atoms with Gasteiger partial charge in [-0.25, -0.2) is 0 Å². The zero-order valence-corrected chi connectivity index (χ0v) is 3.68. The molecule has 0 aliphatic heterocycles. The van der Waals surface area contributed by atoms with Crippen LogP contribution in [0.4, 0.5) is 0 Å². The first-order valence-corrected chi connectivity index (χ1v) is 2.03. The molecule has 2 N–H and O–H groups in total. The molecule has 0 aromatic carbocycles. The highest BCUT2D eigenvalue weighted by Crippen LogP contribution is 2.33. The van der Waals surface area contributed by atoms with Crippen LogP contribution in [0.3, 0.4) is 0 Å². The second kappa shape index (κ2) is 1.84. The number of hydrogen-bond donors (Lipinski definition) is 2. The minimum absolute atomic E-state index is 0.604. The number of hydrogen-bond acceptors (Lipinski definition) is 2. The number of rotatable bonds is 2.